The predicted octanol–water partition coefficient (Wildman–Crippen LogP) is 5.08. The molecule has 3 aromatic rings. The first-order valence-corrected chi connectivity index (χ1v) is 10.3. The molecule has 0 bridgehead atoms. The highest BCUT2D eigenvalue weighted by Gasteiger charge is 2.16. The molecule has 1 N–H and O–H groups in total. The van der Waals surface area contributed by atoms with Crippen LogP contribution in [0.25, 0.3) is 11.4 Å². The molecule has 0 radical (unpaired) electrons. The number of hydrogen-bond donors (Lipinski definition) is 1. The maximum atomic E-state index is 12.3. The molecule has 0 aliphatic carbocycles. The van der Waals surface area contributed by atoms with Gasteiger partial charge in [0.05, 0.1) is 21.4 Å². The van der Waals surface area contributed by atoms with Crippen molar-refractivity contribution in [3.8, 4) is 11.4 Å². The van der Waals surface area contributed by atoms with Crippen LogP contribution in [0, 0.1) is 10.1 Å². The molecule has 30 heavy (non-hydrogen) atoms. The molecule has 11 heteroatoms. The van der Waals surface area contributed by atoms with Crippen LogP contribution in [0.2, 0.25) is 10.0 Å². The second kappa shape index (κ2) is 9.75. The van der Waals surface area contributed by atoms with Gasteiger partial charge in [0.15, 0.2) is 11.0 Å². The summed E-state index contributed by atoms with van der Waals surface area (Å²) >= 11 is 13.1. The number of rotatable bonds is 8. The van der Waals surface area contributed by atoms with Crippen molar-refractivity contribution in [2.75, 3.05) is 11.1 Å². The molecule has 0 aliphatic rings. The third-order valence-corrected chi connectivity index (χ3v) is 5.42. The van der Waals surface area contributed by atoms with Gasteiger partial charge in [0.2, 0.25) is 5.91 Å². The Morgan fingerprint density at radius 2 is 1.97 bits per heavy atom. The molecule has 154 valence electrons. The van der Waals surface area contributed by atoms with Crippen LogP contribution < -0.4 is 5.32 Å². The summed E-state index contributed by atoms with van der Waals surface area (Å²) in [5.41, 5.74) is 1.12. The number of carbonyl (C=O) groups is 1. The normalized spacial score (nSPS) is 10.6. The van der Waals surface area contributed by atoms with Crippen LogP contribution in [0.5, 0.6) is 0 Å². The van der Waals surface area contributed by atoms with E-state index in [1.807, 2.05) is 0 Å². The summed E-state index contributed by atoms with van der Waals surface area (Å²) in [7, 11) is 0. The van der Waals surface area contributed by atoms with Gasteiger partial charge in [-0.3, -0.25) is 19.5 Å². The predicted molar refractivity (Wildman–Crippen MR) is 118 cm³/mol. The SMILES string of the molecule is C=CCn1c(SCC(=O)Nc2ccc(Cl)cc2Cl)nnc1-c1ccc([N+](=O)[O-])cc1. The van der Waals surface area contributed by atoms with Crippen molar-refractivity contribution in [3.63, 3.8) is 0 Å². The van der Waals surface area contributed by atoms with E-state index in [0.717, 1.165) is 0 Å². The number of carbonyl (C=O) groups excluding carboxylic acids is 1. The molecule has 0 saturated heterocycles. The summed E-state index contributed by atoms with van der Waals surface area (Å²) in [5.74, 6) is 0.330. The van der Waals surface area contributed by atoms with Gasteiger partial charge >= 0.3 is 0 Å². The summed E-state index contributed by atoms with van der Waals surface area (Å²) in [6, 6.07) is 10.8. The first-order chi connectivity index (χ1) is 14.4. The van der Waals surface area contributed by atoms with Crippen molar-refractivity contribution < 1.29 is 9.72 Å². The molecule has 0 aliphatic heterocycles. The molecular formula is C19H15Cl2N5O3S. The van der Waals surface area contributed by atoms with Gasteiger partial charge in [-0.1, -0.05) is 41.0 Å². The number of amides is 1. The highest BCUT2D eigenvalue weighted by Crippen LogP contribution is 2.27. The molecule has 0 unspecified atom stereocenters. The van der Waals surface area contributed by atoms with E-state index in [4.69, 9.17) is 23.2 Å². The number of thioether (sulfide) groups is 1. The number of nitrogens with one attached hydrogen (secondary N) is 1. The fourth-order valence-corrected chi connectivity index (χ4v) is 3.75. The van der Waals surface area contributed by atoms with Gasteiger partial charge in [0.1, 0.15) is 0 Å². The number of nitro benzene ring substituents is 1. The third kappa shape index (κ3) is 5.18. The fourth-order valence-electron chi connectivity index (χ4n) is 2.54. The van der Waals surface area contributed by atoms with Crippen LogP contribution in [0.3, 0.4) is 0 Å². The van der Waals surface area contributed by atoms with Crippen LogP contribution in [0.4, 0.5) is 11.4 Å². The average Bonchev–Trinajstić information content (AvgIpc) is 3.11. The summed E-state index contributed by atoms with van der Waals surface area (Å²) in [5, 5.41) is 23.2. The first-order valence-electron chi connectivity index (χ1n) is 8.55. The summed E-state index contributed by atoms with van der Waals surface area (Å²) in [4.78, 5) is 22.7. The summed E-state index contributed by atoms with van der Waals surface area (Å²) < 4.78 is 1.78. The lowest BCUT2D eigenvalue weighted by molar-refractivity contribution is -0.384. The molecule has 0 fully saturated rings. The van der Waals surface area contributed by atoms with E-state index < -0.39 is 4.92 Å². The van der Waals surface area contributed by atoms with E-state index in [-0.39, 0.29) is 17.3 Å². The lowest BCUT2D eigenvalue weighted by Crippen LogP contribution is -2.15. The van der Waals surface area contributed by atoms with Crippen molar-refractivity contribution in [3.05, 3.63) is 75.3 Å². The zero-order valence-electron chi connectivity index (χ0n) is 15.4. The highest BCUT2D eigenvalue weighted by molar-refractivity contribution is 7.99. The van der Waals surface area contributed by atoms with E-state index in [2.05, 4.69) is 22.1 Å². The summed E-state index contributed by atoms with van der Waals surface area (Å²) in [6.45, 7) is 4.15. The Labute approximate surface area is 186 Å². The Hall–Kier alpha value is -2.88. The standard InChI is InChI=1S/C19H15Cl2N5O3S/c1-2-9-25-18(12-3-6-14(7-4-12)26(28)29)23-24-19(25)30-11-17(27)22-16-8-5-13(20)10-15(16)21/h2-8,10H,1,9,11H2,(H,22,27). The van der Waals surface area contributed by atoms with Gasteiger partial charge in [-0.15, -0.1) is 16.8 Å². The number of anilines is 1. The number of aromatic nitrogens is 3. The lowest BCUT2D eigenvalue weighted by Gasteiger charge is -2.09. The maximum absolute atomic E-state index is 12.3. The number of non-ortho nitro benzene ring substituents is 1. The number of allylic oxidation sites excluding steroid dienone is 1. The van der Waals surface area contributed by atoms with E-state index in [9.17, 15) is 14.9 Å². The number of hydrogen-bond acceptors (Lipinski definition) is 6. The topological polar surface area (TPSA) is 103 Å². The van der Waals surface area contributed by atoms with Gasteiger partial charge in [-0.25, -0.2) is 0 Å². The van der Waals surface area contributed by atoms with E-state index in [1.165, 1.54) is 23.9 Å². The van der Waals surface area contributed by atoms with Crippen molar-refractivity contribution in [2.24, 2.45) is 0 Å². The Balaban J connectivity index is 1.73. The van der Waals surface area contributed by atoms with Gasteiger partial charge in [-0.2, -0.15) is 0 Å². The minimum atomic E-state index is -0.467. The zero-order chi connectivity index (χ0) is 21.7. The molecule has 0 atom stereocenters. The van der Waals surface area contributed by atoms with Crippen molar-refractivity contribution in [1.82, 2.24) is 14.8 Å². The van der Waals surface area contributed by atoms with Gasteiger partial charge in [0, 0.05) is 29.3 Å². The van der Waals surface area contributed by atoms with Crippen molar-refractivity contribution >= 4 is 52.2 Å². The monoisotopic (exact) mass is 463 g/mol. The smallest absolute Gasteiger partial charge is 0.269 e. The minimum Gasteiger partial charge on any atom is -0.324 e. The Kier molecular flexibility index (Phi) is 7.09. The van der Waals surface area contributed by atoms with Crippen LogP contribution in [0.15, 0.2) is 60.3 Å². The maximum Gasteiger partial charge on any atom is 0.269 e. The van der Waals surface area contributed by atoms with E-state index >= 15 is 0 Å². The Morgan fingerprint density at radius 1 is 1.23 bits per heavy atom. The van der Waals surface area contributed by atoms with E-state index in [0.29, 0.717) is 38.8 Å². The largest absolute Gasteiger partial charge is 0.324 e. The average molecular weight is 464 g/mol. The Morgan fingerprint density at radius 3 is 2.60 bits per heavy atom. The molecule has 0 saturated carbocycles. The highest BCUT2D eigenvalue weighted by atomic mass is 35.5. The second-order valence-electron chi connectivity index (χ2n) is 5.97. The molecule has 1 heterocycles. The quantitative estimate of drug-likeness (QED) is 0.216. The molecule has 8 nitrogen and oxygen atoms in total. The van der Waals surface area contributed by atoms with Gasteiger partial charge < -0.3 is 5.32 Å². The number of nitro groups is 1. The minimum absolute atomic E-state index is 0.0133. The molecular weight excluding hydrogens is 449 g/mol. The number of nitrogens with zero attached hydrogens (tertiary/aromatic N) is 4. The van der Waals surface area contributed by atoms with Crippen LogP contribution in [-0.4, -0.2) is 31.3 Å². The van der Waals surface area contributed by atoms with Crippen LogP contribution >= 0.6 is 35.0 Å². The fraction of sp³-hybridized carbons (Fsp3) is 0.105. The lowest BCUT2D eigenvalue weighted by atomic mass is 10.2. The number of benzene rings is 2. The van der Waals surface area contributed by atoms with Gasteiger partial charge in [-0.05, 0) is 30.3 Å². The summed E-state index contributed by atoms with van der Waals surface area (Å²) in [6.07, 6.45) is 1.68. The van der Waals surface area contributed by atoms with Gasteiger partial charge in [0.25, 0.3) is 5.69 Å². The first kappa shape index (κ1) is 21.8. The molecule has 3 rings (SSSR count). The second-order valence-corrected chi connectivity index (χ2v) is 7.76. The third-order valence-electron chi connectivity index (χ3n) is 3.90. The van der Waals surface area contributed by atoms with E-state index in [1.54, 1.807) is 41.0 Å². The molecule has 2 aromatic carbocycles. The van der Waals surface area contributed by atoms with Crippen molar-refractivity contribution in [1.29, 1.82) is 0 Å². The molecule has 1 amide bonds. The van der Waals surface area contributed by atoms with Crippen molar-refractivity contribution in [2.45, 2.75) is 11.7 Å². The molecule has 1 aromatic heterocycles. The zero-order valence-corrected chi connectivity index (χ0v) is 17.7. The number of halogens is 2. The van der Waals surface area contributed by atoms with Crippen LogP contribution in [0.1, 0.15) is 0 Å². The van der Waals surface area contributed by atoms with Crippen LogP contribution in [-0.2, 0) is 11.3 Å². The Bertz CT molecular complexity index is 1100. The molecule has 0 spiro atoms.